The van der Waals surface area contributed by atoms with Gasteiger partial charge in [0.15, 0.2) is 0 Å². The minimum absolute atomic E-state index is 0.199. The van der Waals surface area contributed by atoms with E-state index in [4.69, 9.17) is 13.9 Å². The summed E-state index contributed by atoms with van der Waals surface area (Å²) >= 11 is 1.50. The Hall–Kier alpha value is -3.47. The van der Waals surface area contributed by atoms with Crippen molar-refractivity contribution in [1.29, 1.82) is 5.26 Å². The number of fused-ring (bicyclic) bond motifs is 8. The standard InChI is InChI=1S/C23H12FNO4S/c24-15-2-4-18-17(8-15)21-19(22(26)27-18)20-16-3-1-12(10-25)7-13(16)9-23(28-20,29-21)14-5-6-30-11-14/h1-8,11,20H,9H2/t20-,23+/m0/s1. The Labute approximate surface area is 173 Å². The predicted molar refractivity (Wildman–Crippen MR) is 107 cm³/mol. The van der Waals surface area contributed by atoms with Crippen LogP contribution in [0.4, 0.5) is 4.39 Å². The van der Waals surface area contributed by atoms with E-state index in [0.29, 0.717) is 17.4 Å². The molecular formula is C23H12FNO4S. The summed E-state index contributed by atoms with van der Waals surface area (Å²) in [5.74, 6) is -1.37. The summed E-state index contributed by atoms with van der Waals surface area (Å²) in [6, 6.07) is 13.3. The van der Waals surface area contributed by atoms with E-state index in [1.54, 1.807) is 18.2 Å². The molecular weight excluding hydrogens is 405 g/mol. The zero-order valence-corrected chi connectivity index (χ0v) is 16.2. The third-order valence-corrected chi connectivity index (χ3v) is 6.31. The largest absolute Gasteiger partial charge is 0.456 e. The molecule has 2 aromatic carbocycles. The summed E-state index contributed by atoms with van der Waals surface area (Å²) in [5.41, 5.74) is 2.81. The molecule has 0 N–H and O–H groups in total. The van der Waals surface area contributed by atoms with E-state index < -0.39 is 23.3 Å². The minimum Gasteiger partial charge on any atom is -0.456 e. The molecule has 0 fully saturated rings. The van der Waals surface area contributed by atoms with Crippen LogP contribution < -0.4 is 10.4 Å². The van der Waals surface area contributed by atoms with Crippen molar-refractivity contribution in [2.75, 3.05) is 0 Å². The molecule has 2 aliphatic rings. The van der Waals surface area contributed by atoms with Crippen molar-refractivity contribution in [3.63, 3.8) is 0 Å². The van der Waals surface area contributed by atoms with Gasteiger partial charge in [-0.05, 0) is 52.9 Å². The van der Waals surface area contributed by atoms with Crippen molar-refractivity contribution in [3.8, 4) is 11.8 Å². The van der Waals surface area contributed by atoms with Crippen LogP contribution in [0.15, 0.2) is 62.4 Å². The molecule has 0 unspecified atom stereocenters. The number of benzene rings is 2. The second-order valence-electron chi connectivity index (χ2n) is 7.34. The average molecular weight is 417 g/mol. The normalized spacial score (nSPS) is 21.4. The summed E-state index contributed by atoms with van der Waals surface area (Å²) < 4.78 is 32.3. The Morgan fingerprint density at radius 2 is 2.10 bits per heavy atom. The highest BCUT2D eigenvalue weighted by Crippen LogP contribution is 2.53. The van der Waals surface area contributed by atoms with Crippen LogP contribution in [0.25, 0.3) is 11.0 Å². The summed E-state index contributed by atoms with van der Waals surface area (Å²) in [7, 11) is 0. The van der Waals surface area contributed by atoms with E-state index in [2.05, 4.69) is 6.07 Å². The maximum atomic E-state index is 14.1. The van der Waals surface area contributed by atoms with Crippen LogP contribution in [0.3, 0.4) is 0 Å². The van der Waals surface area contributed by atoms with E-state index in [-0.39, 0.29) is 16.9 Å². The summed E-state index contributed by atoms with van der Waals surface area (Å²) in [6.07, 6.45) is -0.407. The minimum atomic E-state index is -1.19. The van der Waals surface area contributed by atoms with Crippen LogP contribution in [-0.2, 0) is 16.9 Å². The van der Waals surface area contributed by atoms with Crippen LogP contribution in [0.1, 0.15) is 33.9 Å². The van der Waals surface area contributed by atoms with Gasteiger partial charge in [0, 0.05) is 17.4 Å². The van der Waals surface area contributed by atoms with Crippen molar-refractivity contribution in [2.45, 2.75) is 18.3 Å². The smallest absolute Gasteiger partial charge is 0.346 e. The van der Waals surface area contributed by atoms with Gasteiger partial charge in [0.25, 0.3) is 0 Å². The number of thiophene rings is 1. The first-order chi connectivity index (χ1) is 14.6. The first-order valence-corrected chi connectivity index (χ1v) is 10.2. The Kier molecular flexibility index (Phi) is 3.49. The fourth-order valence-corrected chi connectivity index (χ4v) is 4.99. The third-order valence-electron chi connectivity index (χ3n) is 5.63. The van der Waals surface area contributed by atoms with Gasteiger partial charge in [0.1, 0.15) is 28.8 Å². The molecule has 2 bridgehead atoms. The zero-order chi connectivity index (χ0) is 20.5. The second-order valence-corrected chi connectivity index (χ2v) is 8.12. The van der Waals surface area contributed by atoms with Crippen molar-refractivity contribution >= 4 is 22.3 Å². The third kappa shape index (κ3) is 2.32. The molecule has 30 heavy (non-hydrogen) atoms. The summed E-state index contributed by atoms with van der Waals surface area (Å²) in [6.45, 7) is 0. The van der Waals surface area contributed by atoms with E-state index in [1.807, 2.05) is 16.8 Å². The van der Waals surface area contributed by atoms with Crippen molar-refractivity contribution in [1.82, 2.24) is 0 Å². The topological polar surface area (TPSA) is 72.5 Å². The lowest BCUT2D eigenvalue weighted by atomic mass is 9.84. The van der Waals surface area contributed by atoms with E-state index in [1.165, 1.54) is 29.5 Å². The van der Waals surface area contributed by atoms with Crippen LogP contribution >= 0.6 is 11.3 Å². The van der Waals surface area contributed by atoms with Gasteiger partial charge >= 0.3 is 5.63 Å². The molecule has 2 aromatic heterocycles. The fourth-order valence-electron chi connectivity index (χ4n) is 4.28. The lowest BCUT2D eigenvalue weighted by Crippen LogP contribution is -2.47. The SMILES string of the molecule is N#Cc1ccc2c(c1)C[C@]1(c3ccsc3)Oc3c(c(=O)oc4ccc(F)cc34)[C@H]2O1. The number of hydrogen-bond acceptors (Lipinski definition) is 6. The Bertz CT molecular complexity index is 1440. The van der Waals surface area contributed by atoms with Gasteiger partial charge < -0.3 is 13.9 Å². The molecule has 0 aliphatic carbocycles. The van der Waals surface area contributed by atoms with Crippen LogP contribution in [0, 0.1) is 17.1 Å². The fraction of sp³-hybridized carbons (Fsp3) is 0.130. The summed E-state index contributed by atoms with van der Waals surface area (Å²) in [5, 5.41) is 13.6. The highest BCUT2D eigenvalue weighted by atomic mass is 32.1. The molecule has 0 amide bonds. The molecule has 6 rings (SSSR count). The number of halogens is 1. The molecule has 0 spiro atoms. The number of ether oxygens (including phenoxy) is 2. The molecule has 0 radical (unpaired) electrons. The first-order valence-electron chi connectivity index (χ1n) is 9.27. The highest BCUT2D eigenvalue weighted by Gasteiger charge is 2.51. The molecule has 7 heteroatoms. The number of rotatable bonds is 1. The molecule has 4 aromatic rings. The van der Waals surface area contributed by atoms with Crippen molar-refractivity contribution in [3.05, 3.63) is 97.3 Å². The maximum Gasteiger partial charge on any atom is 0.346 e. The number of nitriles is 1. The van der Waals surface area contributed by atoms with Crippen molar-refractivity contribution in [2.24, 2.45) is 0 Å². The Morgan fingerprint density at radius 3 is 2.90 bits per heavy atom. The quantitative estimate of drug-likeness (QED) is 0.417. The van der Waals surface area contributed by atoms with E-state index >= 15 is 0 Å². The molecule has 5 nitrogen and oxygen atoms in total. The van der Waals surface area contributed by atoms with E-state index in [9.17, 15) is 14.4 Å². The van der Waals surface area contributed by atoms with Gasteiger partial charge in [-0.3, -0.25) is 0 Å². The molecule has 2 aliphatic heterocycles. The van der Waals surface area contributed by atoms with Gasteiger partial charge in [-0.2, -0.15) is 16.6 Å². The average Bonchev–Trinajstić information content (AvgIpc) is 3.29. The van der Waals surface area contributed by atoms with Gasteiger partial charge in [0.2, 0.25) is 5.79 Å². The zero-order valence-electron chi connectivity index (χ0n) is 15.3. The van der Waals surface area contributed by atoms with Crippen LogP contribution in [0.5, 0.6) is 5.75 Å². The van der Waals surface area contributed by atoms with Crippen LogP contribution in [0.2, 0.25) is 0 Å². The number of hydrogen-bond donors (Lipinski definition) is 0. The van der Waals surface area contributed by atoms with E-state index in [0.717, 1.165) is 16.7 Å². The molecule has 4 heterocycles. The highest BCUT2D eigenvalue weighted by molar-refractivity contribution is 7.08. The van der Waals surface area contributed by atoms with Crippen LogP contribution in [-0.4, -0.2) is 0 Å². The van der Waals surface area contributed by atoms with Gasteiger partial charge in [-0.15, -0.1) is 0 Å². The first kappa shape index (κ1) is 17.4. The Balaban J connectivity index is 1.70. The number of nitrogens with zero attached hydrogens (tertiary/aromatic N) is 1. The van der Waals surface area contributed by atoms with Gasteiger partial charge in [-0.1, -0.05) is 6.07 Å². The van der Waals surface area contributed by atoms with Gasteiger partial charge in [0.05, 0.1) is 17.0 Å². The molecule has 146 valence electrons. The molecule has 0 saturated carbocycles. The molecule has 2 atom stereocenters. The molecule has 0 saturated heterocycles. The second kappa shape index (κ2) is 6.02. The lowest BCUT2D eigenvalue weighted by Gasteiger charge is -2.46. The maximum absolute atomic E-state index is 14.1. The van der Waals surface area contributed by atoms with Crippen molar-refractivity contribution < 1.29 is 18.3 Å². The monoisotopic (exact) mass is 417 g/mol. The summed E-state index contributed by atoms with van der Waals surface area (Å²) in [4.78, 5) is 12.9. The Morgan fingerprint density at radius 1 is 1.20 bits per heavy atom. The van der Waals surface area contributed by atoms with Gasteiger partial charge in [-0.25, -0.2) is 9.18 Å². The predicted octanol–water partition coefficient (Wildman–Crippen LogP) is 4.77. The lowest BCUT2D eigenvalue weighted by molar-refractivity contribution is -0.237.